The Bertz CT molecular complexity index is 465. The standard InChI is InChI=1S/C12H17F3O3S/c1-3-4-7-11(2)8-5-6-10(9-11)18-19(16,17)12(13,14)15/h3,9H,1,4-8H2,2H3. The Morgan fingerprint density at radius 1 is 1.53 bits per heavy atom. The number of rotatable bonds is 5. The van der Waals surface area contributed by atoms with Gasteiger partial charge < -0.3 is 4.18 Å². The van der Waals surface area contributed by atoms with Gasteiger partial charge in [0.2, 0.25) is 0 Å². The minimum absolute atomic E-state index is 0.116. The van der Waals surface area contributed by atoms with Crippen LogP contribution in [0, 0.1) is 5.41 Å². The summed E-state index contributed by atoms with van der Waals surface area (Å²) in [7, 11) is -5.56. The van der Waals surface area contributed by atoms with Gasteiger partial charge in [-0.2, -0.15) is 21.6 Å². The van der Waals surface area contributed by atoms with Crippen molar-refractivity contribution in [1.29, 1.82) is 0 Å². The second kappa shape index (κ2) is 5.56. The molecule has 110 valence electrons. The highest BCUT2D eigenvalue weighted by Crippen LogP contribution is 2.39. The summed E-state index contributed by atoms with van der Waals surface area (Å²) >= 11 is 0. The van der Waals surface area contributed by atoms with E-state index in [9.17, 15) is 21.6 Å². The highest BCUT2D eigenvalue weighted by molar-refractivity contribution is 7.87. The van der Waals surface area contributed by atoms with Crippen LogP contribution >= 0.6 is 0 Å². The van der Waals surface area contributed by atoms with E-state index in [1.54, 1.807) is 6.08 Å². The molecular formula is C12H17F3O3S. The van der Waals surface area contributed by atoms with Gasteiger partial charge in [0.25, 0.3) is 0 Å². The third-order valence-electron chi connectivity index (χ3n) is 3.10. The summed E-state index contributed by atoms with van der Waals surface area (Å²) in [6, 6.07) is 0. The van der Waals surface area contributed by atoms with E-state index in [1.165, 1.54) is 6.08 Å². The van der Waals surface area contributed by atoms with E-state index < -0.39 is 15.6 Å². The lowest BCUT2D eigenvalue weighted by Crippen LogP contribution is -2.27. The number of halogens is 3. The molecule has 7 heteroatoms. The van der Waals surface area contributed by atoms with Crippen LogP contribution < -0.4 is 0 Å². The van der Waals surface area contributed by atoms with Crippen molar-refractivity contribution in [2.45, 2.75) is 44.5 Å². The fourth-order valence-corrected chi connectivity index (χ4v) is 2.59. The third-order valence-corrected chi connectivity index (χ3v) is 4.10. The summed E-state index contributed by atoms with van der Waals surface area (Å²) in [4.78, 5) is 0. The molecule has 1 unspecified atom stereocenters. The van der Waals surface area contributed by atoms with Gasteiger partial charge in [-0.3, -0.25) is 0 Å². The lowest BCUT2D eigenvalue weighted by atomic mass is 9.77. The van der Waals surface area contributed by atoms with Crippen LogP contribution in [-0.2, 0) is 14.3 Å². The summed E-state index contributed by atoms with van der Waals surface area (Å²) in [5.74, 6) is -0.116. The van der Waals surface area contributed by atoms with E-state index in [0.717, 1.165) is 6.42 Å². The van der Waals surface area contributed by atoms with Gasteiger partial charge in [0, 0.05) is 6.42 Å². The molecule has 0 radical (unpaired) electrons. The van der Waals surface area contributed by atoms with Crippen LogP contribution in [0.15, 0.2) is 24.5 Å². The normalized spacial score (nSPS) is 24.7. The lowest BCUT2D eigenvalue weighted by Gasteiger charge is -2.30. The first-order valence-electron chi connectivity index (χ1n) is 5.93. The van der Waals surface area contributed by atoms with Crippen molar-refractivity contribution in [3.63, 3.8) is 0 Å². The maximum absolute atomic E-state index is 12.2. The maximum atomic E-state index is 12.2. The Hall–Kier alpha value is -0.980. The van der Waals surface area contributed by atoms with E-state index >= 15 is 0 Å². The smallest absolute Gasteiger partial charge is 0.381 e. The van der Waals surface area contributed by atoms with E-state index in [4.69, 9.17) is 0 Å². The molecule has 19 heavy (non-hydrogen) atoms. The second-order valence-electron chi connectivity index (χ2n) is 4.93. The van der Waals surface area contributed by atoms with Crippen molar-refractivity contribution in [2.24, 2.45) is 5.41 Å². The topological polar surface area (TPSA) is 43.4 Å². The monoisotopic (exact) mass is 298 g/mol. The average molecular weight is 298 g/mol. The molecule has 1 atom stereocenters. The van der Waals surface area contributed by atoms with Crippen LogP contribution in [0.1, 0.15) is 39.0 Å². The SMILES string of the molecule is C=CCCC1(C)C=C(OS(=O)(=O)C(F)(F)F)CCC1. The predicted octanol–water partition coefficient (Wildman–Crippen LogP) is 3.89. The molecule has 1 aliphatic carbocycles. The zero-order valence-corrected chi connectivity index (χ0v) is 11.5. The van der Waals surface area contributed by atoms with Crippen molar-refractivity contribution >= 4 is 10.1 Å². The fraction of sp³-hybridized carbons (Fsp3) is 0.667. The Morgan fingerprint density at radius 3 is 2.68 bits per heavy atom. The Morgan fingerprint density at radius 2 is 2.16 bits per heavy atom. The molecule has 0 aromatic heterocycles. The van der Waals surface area contributed by atoms with Crippen LogP contribution in [0.4, 0.5) is 13.2 Å². The molecule has 0 saturated carbocycles. The fourth-order valence-electron chi connectivity index (χ4n) is 2.08. The molecule has 0 N–H and O–H groups in total. The van der Waals surface area contributed by atoms with Crippen LogP contribution in [-0.4, -0.2) is 13.9 Å². The molecule has 0 spiro atoms. The van der Waals surface area contributed by atoms with Gasteiger partial charge in [-0.15, -0.1) is 6.58 Å². The van der Waals surface area contributed by atoms with Gasteiger partial charge in [0.1, 0.15) is 5.76 Å². The van der Waals surface area contributed by atoms with Gasteiger partial charge in [0.05, 0.1) is 0 Å². The molecule has 0 saturated heterocycles. The molecule has 0 aromatic rings. The van der Waals surface area contributed by atoms with Crippen LogP contribution in [0.3, 0.4) is 0 Å². The first-order chi connectivity index (χ1) is 8.60. The Labute approximate surface area is 111 Å². The van der Waals surface area contributed by atoms with Crippen molar-refractivity contribution in [3.8, 4) is 0 Å². The molecular weight excluding hydrogens is 281 g/mol. The quantitative estimate of drug-likeness (QED) is 0.439. The highest BCUT2D eigenvalue weighted by atomic mass is 32.2. The molecule has 0 fully saturated rings. The first kappa shape index (κ1) is 16.1. The van der Waals surface area contributed by atoms with Gasteiger partial charge in [-0.1, -0.05) is 13.0 Å². The summed E-state index contributed by atoms with van der Waals surface area (Å²) in [5, 5.41) is 0. The number of hydrogen-bond donors (Lipinski definition) is 0. The molecule has 0 aliphatic heterocycles. The van der Waals surface area contributed by atoms with Crippen LogP contribution in [0.2, 0.25) is 0 Å². The van der Waals surface area contributed by atoms with Crippen molar-refractivity contribution in [3.05, 3.63) is 24.5 Å². The molecule has 0 bridgehead atoms. The molecule has 0 heterocycles. The van der Waals surface area contributed by atoms with Crippen molar-refractivity contribution in [2.75, 3.05) is 0 Å². The number of allylic oxidation sites excluding steroid dienone is 3. The first-order valence-corrected chi connectivity index (χ1v) is 7.34. The maximum Gasteiger partial charge on any atom is 0.534 e. The van der Waals surface area contributed by atoms with Crippen molar-refractivity contribution in [1.82, 2.24) is 0 Å². The van der Waals surface area contributed by atoms with Gasteiger partial charge in [-0.25, -0.2) is 0 Å². The zero-order valence-electron chi connectivity index (χ0n) is 10.7. The molecule has 1 rings (SSSR count). The minimum atomic E-state index is -5.56. The van der Waals surface area contributed by atoms with Crippen LogP contribution in [0.25, 0.3) is 0 Å². The van der Waals surface area contributed by atoms with Gasteiger partial charge in [0.15, 0.2) is 0 Å². The van der Waals surface area contributed by atoms with E-state index in [-0.39, 0.29) is 17.6 Å². The number of hydrogen-bond acceptors (Lipinski definition) is 3. The molecule has 0 amide bonds. The van der Waals surface area contributed by atoms with Gasteiger partial charge >= 0.3 is 15.6 Å². The predicted molar refractivity (Wildman–Crippen MR) is 65.5 cm³/mol. The Balaban J connectivity index is 2.87. The molecule has 1 aliphatic rings. The average Bonchev–Trinajstić information content (AvgIpc) is 2.24. The van der Waals surface area contributed by atoms with E-state index in [0.29, 0.717) is 19.3 Å². The highest BCUT2D eigenvalue weighted by Gasteiger charge is 2.49. The zero-order chi connectivity index (χ0) is 14.7. The van der Waals surface area contributed by atoms with Crippen molar-refractivity contribution < 1.29 is 25.8 Å². The lowest BCUT2D eigenvalue weighted by molar-refractivity contribution is -0.0525. The second-order valence-corrected chi connectivity index (χ2v) is 6.47. The summed E-state index contributed by atoms with van der Waals surface area (Å²) in [5.41, 5.74) is -5.73. The summed E-state index contributed by atoms with van der Waals surface area (Å²) in [6.45, 7) is 5.46. The van der Waals surface area contributed by atoms with E-state index in [2.05, 4.69) is 10.8 Å². The van der Waals surface area contributed by atoms with E-state index in [1.807, 2.05) is 6.92 Å². The largest absolute Gasteiger partial charge is 0.534 e. The third kappa shape index (κ3) is 4.26. The van der Waals surface area contributed by atoms with Gasteiger partial charge in [-0.05, 0) is 37.2 Å². The molecule has 0 aromatic carbocycles. The number of alkyl halides is 3. The van der Waals surface area contributed by atoms with Crippen LogP contribution in [0.5, 0.6) is 0 Å². The molecule has 3 nitrogen and oxygen atoms in total. The summed E-state index contributed by atoms with van der Waals surface area (Å²) in [6.07, 6.45) is 6.25. The summed E-state index contributed by atoms with van der Waals surface area (Å²) < 4.78 is 62.8. The minimum Gasteiger partial charge on any atom is -0.381 e. The Kier molecular flexibility index (Phi) is 4.71.